The molecule has 3 amide bonds. The van der Waals surface area contributed by atoms with Crippen LogP contribution in [0.4, 0.5) is 0 Å². The molecule has 0 unspecified atom stereocenters. The summed E-state index contributed by atoms with van der Waals surface area (Å²) in [5.41, 5.74) is 3.02. The van der Waals surface area contributed by atoms with E-state index in [0.717, 1.165) is 24.0 Å². The predicted octanol–water partition coefficient (Wildman–Crippen LogP) is 5.32. The van der Waals surface area contributed by atoms with E-state index >= 15 is 0 Å². The molecular weight excluding hydrogens is 674 g/mol. The van der Waals surface area contributed by atoms with Crippen LogP contribution in [0.5, 0.6) is 17.2 Å². The van der Waals surface area contributed by atoms with Gasteiger partial charge in [-0.3, -0.25) is 14.4 Å². The van der Waals surface area contributed by atoms with Gasteiger partial charge in [0.15, 0.2) is 11.5 Å². The van der Waals surface area contributed by atoms with Crippen molar-refractivity contribution in [1.82, 2.24) is 15.1 Å². The lowest BCUT2D eigenvalue weighted by atomic mass is 9.99. The Kier molecular flexibility index (Phi) is 15.4. The van der Waals surface area contributed by atoms with Gasteiger partial charge in [0.1, 0.15) is 23.9 Å². The van der Waals surface area contributed by atoms with Crippen molar-refractivity contribution >= 4 is 41.4 Å². The number of methoxy groups -OCH3 is 2. The van der Waals surface area contributed by atoms with Crippen molar-refractivity contribution in [2.75, 3.05) is 28.3 Å². The van der Waals surface area contributed by atoms with Crippen LogP contribution < -0.4 is 10.1 Å². The molecule has 0 heterocycles. The summed E-state index contributed by atoms with van der Waals surface area (Å²) in [6.07, 6.45) is 6.57. The highest BCUT2D eigenvalue weighted by molar-refractivity contribution is 6.33. The number of ether oxygens (including phenoxy) is 2. The molecule has 0 aliphatic carbocycles. The first kappa shape index (κ1) is 40.4. The number of carbonyl (C=O) groups is 4. The minimum absolute atomic E-state index is 0.0440. The Morgan fingerprint density at radius 2 is 1.59 bits per heavy atom. The Hall–Kier alpha value is -5.03. The summed E-state index contributed by atoms with van der Waals surface area (Å²) in [5.74, 6) is -2.35. The molecule has 3 aromatic carbocycles. The topological polar surface area (TPSA) is 146 Å². The van der Waals surface area contributed by atoms with E-state index in [2.05, 4.69) is 18.3 Å². The molecule has 0 aromatic heterocycles. The van der Waals surface area contributed by atoms with Gasteiger partial charge < -0.3 is 34.8 Å². The molecule has 51 heavy (non-hydrogen) atoms. The van der Waals surface area contributed by atoms with Gasteiger partial charge in [-0.2, -0.15) is 0 Å². The minimum atomic E-state index is -1.22. The molecular formula is C39H48ClN3O8. The van der Waals surface area contributed by atoms with Gasteiger partial charge in [0.05, 0.1) is 19.2 Å². The van der Waals surface area contributed by atoms with Gasteiger partial charge >= 0.3 is 5.97 Å². The van der Waals surface area contributed by atoms with Gasteiger partial charge in [0.2, 0.25) is 17.7 Å². The highest BCUT2D eigenvalue weighted by Gasteiger charge is 2.37. The highest BCUT2D eigenvalue weighted by Crippen LogP contribution is 2.37. The summed E-state index contributed by atoms with van der Waals surface area (Å²) in [6, 6.07) is 13.8. The van der Waals surface area contributed by atoms with Gasteiger partial charge in [-0.05, 0) is 60.2 Å². The van der Waals surface area contributed by atoms with Crippen molar-refractivity contribution < 1.29 is 38.9 Å². The first-order chi connectivity index (χ1) is 24.3. The average molecular weight is 722 g/mol. The molecule has 0 fully saturated rings. The predicted molar refractivity (Wildman–Crippen MR) is 197 cm³/mol. The normalized spacial score (nSPS) is 12.8. The van der Waals surface area contributed by atoms with Gasteiger partial charge in [-0.1, -0.05) is 79.6 Å². The summed E-state index contributed by atoms with van der Waals surface area (Å²) in [7, 11) is 5.45. The van der Waals surface area contributed by atoms with Crippen molar-refractivity contribution in [3.8, 4) is 17.2 Å². The fourth-order valence-corrected chi connectivity index (χ4v) is 5.78. The monoisotopic (exact) mass is 721 g/mol. The Balaban J connectivity index is 1.96. The summed E-state index contributed by atoms with van der Waals surface area (Å²) < 4.78 is 9.99. The van der Waals surface area contributed by atoms with Crippen LogP contribution >= 0.6 is 11.6 Å². The van der Waals surface area contributed by atoms with Crippen molar-refractivity contribution in [1.29, 1.82) is 0 Å². The Bertz CT molecular complexity index is 1690. The zero-order valence-corrected chi connectivity index (χ0v) is 30.8. The number of allylic oxidation sites excluding steroid dienone is 1. The fraction of sp³-hybridized carbons (Fsp3) is 0.385. The number of unbranched alkanes of at least 4 members (excludes halogenated alkanes) is 1. The molecule has 0 spiro atoms. The van der Waals surface area contributed by atoms with E-state index in [1.807, 2.05) is 30.3 Å². The van der Waals surface area contributed by atoms with Crippen molar-refractivity contribution in [3.63, 3.8) is 0 Å². The van der Waals surface area contributed by atoms with Crippen LogP contribution in [-0.4, -0.2) is 90.1 Å². The SMILES string of the molecule is CCC/C=C\c1ccccc1CCC(=O)N[C@@H](Cc1ccc(O)cc1)C(=O)N(C)[C@@H](Cc1ccc(OC)c(O)c1Cl)C(=O)N(C)[C@@H](C)C(=O)OC. The third-order valence-electron chi connectivity index (χ3n) is 8.80. The smallest absolute Gasteiger partial charge is 0.328 e. The number of phenols is 2. The standard InChI is InChI=1S/C39H48ClN3O8/c1-7-8-9-12-27-13-10-11-14-28(27)18-22-34(45)41-31(23-26-15-19-30(44)20-16-26)37(47)43(4)32(38(48)42(3)25(2)39(49)51-6)24-29-17-21-33(50-5)36(46)35(29)40/h9-17,19-21,25,31-32,44,46H,7-8,18,22-24H2,1-6H3,(H,41,45)/b12-9-/t25-,31-,32-/m0/s1. The lowest BCUT2D eigenvalue weighted by Crippen LogP contribution is -2.57. The number of esters is 1. The van der Waals surface area contributed by atoms with E-state index in [1.165, 1.54) is 63.2 Å². The number of aryl methyl sites for hydroxylation is 1. The molecule has 0 bridgehead atoms. The molecule has 3 N–H and O–H groups in total. The number of likely N-dealkylation sites (N-methyl/N-ethyl adjacent to an activating group) is 2. The van der Waals surface area contributed by atoms with Gasteiger partial charge in [0.25, 0.3) is 0 Å². The fourth-order valence-electron chi connectivity index (χ4n) is 5.55. The third kappa shape index (κ3) is 11.0. The summed E-state index contributed by atoms with van der Waals surface area (Å²) in [5, 5.41) is 23.3. The molecule has 12 heteroatoms. The second-order valence-corrected chi connectivity index (χ2v) is 12.7. The molecule has 0 radical (unpaired) electrons. The van der Waals surface area contributed by atoms with Gasteiger partial charge in [-0.25, -0.2) is 4.79 Å². The first-order valence-corrected chi connectivity index (χ1v) is 17.2. The van der Waals surface area contributed by atoms with Crippen LogP contribution in [0.25, 0.3) is 6.08 Å². The Morgan fingerprint density at radius 1 is 0.902 bits per heavy atom. The highest BCUT2D eigenvalue weighted by atomic mass is 35.5. The quantitative estimate of drug-likeness (QED) is 0.159. The van der Waals surface area contributed by atoms with Crippen molar-refractivity contribution in [3.05, 3.63) is 94.0 Å². The number of nitrogens with zero attached hydrogens (tertiary/aromatic N) is 2. The van der Waals surface area contributed by atoms with Crippen molar-refractivity contribution in [2.24, 2.45) is 0 Å². The number of aromatic hydroxyl groups is 2. The number of hydrogen-bond donors (Lipinski definition) is 3. The number of benzene rings is 3. The maximum atomic E-state index is 14.4. The largest absolute Gasteiger partial charge is 0.508 e. The van der Waals surface area contributed by atoms with E-state index in [1.54, 1.807) is 18.2 Å². The van der Waals surface area contributed by atoms with Gasteiger partial charge in [0, 0.05) is 33.4 Å². The second-order valence-electron chi connectivity index (χ2n) is 12.3. The van der Waals surface area contributed by atoms with E-state index in [-0.39, 0.29) is 47.4 Å². The van der Waals surface area contributed by atoms with Gasteiger partial charge in [-0.15, -0.1) is 0 Å². The number of phenolic OH excluding ortho intramolecular Hbond substituents is 2. The molecule has 3 aromatic rings. The van der Waals surface area contributed by atoms with Crippen molar-refractivity contribution in [2.45, 2.75) is 70.5 Å². The molecule has 0 saturated heterocycles. The molecule has 0 saturated carbocycles. The molecule has 0 aliphatic heterocycles. The molecule has 3 atom stereocenters. The van der Waals surface area contributed by atoms with Crippen LogP contribution in [0.2, 0.25) is 5.02 Å². The number of amides is 3. The number of nitrogens with one attached hydrogen (secondary N) is 1. The summed E-state index contributed by atoms with van der Waals surface area (Å²) in [4.78, 5) is 56.7. The second kappa shape index (κ2) is 19.4. The minimum Gasteiger partial charge on any atom is -0.508 e. The Labute approximate surface area is 304 Å². The number of carbonyl (C=O) groups excluding carboxylic acids is 4. The van der Waals surface area contributed by atoms with E-state index < -0.39 is 35.9 Å². The maximum Gasteiger partial charge on any atom is 0.328 e. The van der Waals surface area contributed by atoms with Crippen LogP contribution in [0.3, 0.4) is 0 Å². The summed E-state index contributed by atoms with van der Waals surface area (Å²) >= 11 is 6.49. The third-order valence-corrected chi connectivity index (χ3v) is 9.22. The first-order valence-electron chi connectivity index (χ1n) is 16.8. The van der Waals surface area contributed by atoms with E-state index in [4.69, 9.17) is 21.1 Å². The van der Waals surface area contributed by atoms with Crippen LogP contribution in [0, 0.1) is 0 Å². The zero-order chi connectivity index (χ0) is 37.7. The zero-order valence-electron chi connectivity index (χ0n) is 30.0. The average Bonchev–Trinajstić information content (AvgIpc) is 3.13. The number of halogens is 1. The molecule has 0 aliphatic rings. The number of rotatable bonds is 17. The summed E-state index contributed by atoms with van der Waals surface area (Å²) in [6.45, 7) is 3.60. The lowest BCUT2D eigenvalue weighted by molar-refractivity contribution is -0.154. The van der Waals surface area contributed by atoms with Crippen LogP contribution in [0.1, 0.15) is 55.4 Å². The number of hydrogen-bond acceptors (Lipinski definition) is 8. The molecule has 11 nitrogen and oxygen atoms in total. The lowest BCUT2D eigenvalue weighted by Gasteiger charge is -2.35. The molecule has 3 rings (SSSR count). The molecule has 274 valence electrons. The van der Waals surface area contributed by atoms with Crippen LogP contribution in [0.15, 0.2) is 66.7 Å². The van der Waals surface area contributed by atoms with E-state index in [9.17, 15) is 29.4 Å². The Morgan fingerprint density at radius 3 is 2.24 bits per heavy atom. The van der Waals surface area contributed by atoms with Crippen LogP contribution in [-0.2, 0) is 43.2 Å². The van der Waals surface area contributed by atoms with E-state index in [0.29, 0.717) is 17.5 Å². The maximum absolute atomic E-state index is 14.4.